The predicted octanol–water partition coefficient (Wildman–Crippen LogP) is 2.21. The maximum absolute atomic E-state index is 10.2. The molecular formula is C7H8BrNO2. The third-order valence-corrected chi connectivity index (χ3v) is 2.03. The van der Waals surface area contributed by atoms with Gasteiger partial charge in [0.15, 0.2) is 0 Å². The van der Waals surface area contributed by atoms with Gasteiger partial charge in [-0.15, -0.1) is 0 Å². The van der Waals surface area contributed by atoms with Gasteiger partial charge < -0.3 is 5.11 Å². The van der Waals surface area contributed by atoms with Gasteiger partial charge in [-0.1, -0.05) is 22.0 Å². The van der Waals surface area contributed by atoms with Crippen LogP contribution in [0.1, 0.15) is 12.8 Å². The summed E-state index contributed by atoms with van der Waals surface area (Å²) >= 11 is 3.32. The van der Waals surface area contributed by atoms with E-state index in [0.29, 0.717) is 0 Å². The van der Waals surface area contributed by atoms with Crippen molar-refractivity contribution < 1.29 is 9.90 Å². The van der Waals surface area contributed by atoms with Crippen LogP contribution in [0.4, 0.5) is 4.79 Å². The minimum Gasteiger partial charge on any atom is -0.465 e. The molecule has 0 aliphatic heterocycles. The number of halogens is 1. The molecule has 0 atom stereocenters. The van der Waals surface area contributed by atoms with Crippen molar-refractivity contribution >= 4 is 22.0 Å². The first-order chi connectivity index (χ1) is 5.18. The molecule has 0 aromatic carbocycles. The van der Waals surface area contributed by atoms with Crippen LogP contribution in [0.15, 0.2) is 22.3 Å². The molecule has 1 aliphatic carbocycles. The number of rotatable bonds is 1. The fourth-order valence-corrected chi connectivity index (χ4v) is 1.18. The molecule has 0 heterocycles. The Kier molecular flexibility index (Phi) is 2.70. The summed E-state index contributed by atoms with van der Waals surface area (Å²) in [7, 11) is 0. The van der Waals surface area contributed by atoms with E-state index in [1.165, 1.54) is 0 Å². The SMILES string of the molecule is O=C(O)NC1=CC=C(Br)CC1. The molecule has 1 aliphatic rings. The van der Waals surface area contributed by atoms with Crippen molar-refractivity contribution in [1.29, 1.82) is 0 Å². The van der Waals surface area contributed by atoms with Gasteiger partial charge in [0, 0.05) is 5.70 Å². The first kappa shape index (κ1) is 8.33. The number of hydrogen-bond acceptors (Lipinski definition) is 1. The smallest absolute Gasteiger partial charge is 0.408 e. The minimum absolute atomic E-state index is 0.751. The molecule has 0 bridgehead atoms. The van der Waals surface area contributed by atoms with E-state index in [9.17, 15) is 4.79 Å². The zero-order valence-electron chi connectivity index (χ0n) is 5.80. The largest absolute Gasteiger partial charge is 0.465 e. The van der Waals surface area contributed by atoms with Crippen molar-refractivity contribution in [2.24, 2.45) is 0 Å². The maximum Gasteiger partial charge on any atom is 0.408 e. The van der Waals surface area contributed by atoms with Crippen LogP contribution >= 0.6 is 15.9 Å². The molecule has 11 heavy (non-hydrogen) atoms. The summed E-state index contributed by atoms with van der Waals surface area (Å²) in [6.45, 7) is 0. The standard InChI is InChI=1S/C7H8BrNO2/c8-5-1-3-6(4-2-5)9-7(10)11/h1,3,9H,2,4H2,(H,10,11). The molecule has 60 valence electrons. The molecule has 1 rings (SSSR count). The molecule has 0 fully saturated rings. The highest BCUT2D eigenvalue weighted by Crippen LogP contribution is 2.20. The van der Waals surface area contributed by atoms with E-state index in [0.717, 1.165) is 23.0 Å². The summed E-state index contributed by atoms with van der Waals surface area (Å²) in [5.41, 5.74) is 0.751. The quantitative estimate of drug-likeness (QED) is 0.708. The Bertz CT molecular complexity index is 233. The van der Waals surface area contributed by atoms with Crippen LogP contribution in [0, 0.1) is 0 Å². The zero-order chi connectivity index (χ0) is 8.27. The Balaban J connectivity index is 2.54. The van der Waals surface area contributed by atoms with Crippen LogP contribution in [-0.2, 0) is 0 Å². The Morgan fingerprint density at radius 2 is 2.27 bits per heavy atom. The van der Waals surface area contributed by atoms with E-state index >= 15 is 0 Å². The molecule has 4 heteroatoms. The Labute approximate surface area is 72.9 Å². The summed E-state index contributed by atoms with van der Waals surface area (Å²) in [6.07, 6.45) is 4.24. The number of carbonyl (C=O) groups is 1. The molecule has 0 aromatic rings. The van der Waals surface area contributed by atoms with E-state index in [-0.39, 0.29) is 0 Å². The molecule has 2 N–H and O–H groups in total. The van der Waals surface area contributed by atoms with E-state index in [2.05, 4.69) is 21.2 Å². The lowest BCUT2D eigenvalue weighted by Gasteiger charge is -2.09. The third-order valence-electron chi connectivity index (χ3n) is 1.37. The summed E-state index contributed by atoms with van der Waals surface area (Å²) in [5, 5.41) is 10.7. The molecular weight excluding hydrogens is 210 g/mol. The highest BCUT2D eigenvalue weighted by molar-refractivity contribution is 9.11. The van der Waals surface area contributed by atoms with Gasteiger partial charge in [-0.05, 0) is 23.4 Å². The van der Waals surface area contributed by atoms with Crippen LogP contribution in [0.5, 0.6) is 0 Å². The number of nitrogens with one attached hydrogen (secondary N) is 1. The number of allylic oxidation sites excluding steroid dienone is 4. The minimum atomic E-state index is -0.998. The van der Waals surface area contributed by atoms with Gasteiger partial charge >= 0.3 is 6.09 Å². The molecule has 0 saturated carbocycles. The fourth-order valence-electron chi connectivity index (χ4n) is 0.853. The van der Waals surface area contributed by atoms with Crippen LogP contribution in [0.25, 0.3) is 0 Å². The second-order valence-electron chi connectivity index (χ2n) is 2.24. The molecule has 0 saturated heterocycles. The van der Waals surface area contributed by atoms with E-state index in [1.54, 1.807) is 6.08 Å². The lowest BCUT2D eigenvalue weighted by molar-refractivity contribution is 0.197. The summed E-state index contributed by atoms with van der Waals surface area (Å²) < 4.78 is 1.11. The topological polar surface area (TPSA) is 49.3 Å². The van der Waals surface area contributed by atoms with Gasteiger partial charge in [-0.25, -0.2) is 4.79 Å². The zero-order valence-corrected chi connectivity index (χ0v) is 7.39. The van der Waals surface area contributed by atoms with E-state index < -0.39 is 6.09 Å². The molecule has 0 radical (unpaired) electrons. The molecule has 3 nitrogen and oxygen atoms in total. The number of amides is 1. The van der Waals surface area contributed by atoms with Crippen molar-refractivity contribution in [2.75, 3.05) is 0 Å². The highest BCUT2D eigenvalue weighted by atomic mass is 79.9. The monoisotopic (exact) mass is 217 g/mol. The van der Waals surface area contributed by atoms with Gasteiger partial charge in [-0.2, -0.15) is 0 Å². The predicted molar refractivity (Wildman–Crippen MR) is 45.5 cm³/mol. The van der Waals surface area contributed by atoms with Crippen molar-refractivity contribution in [3.63, 3.8) is 0 Å². The Morgan fingerprint density at radius 1 is 1.55 bits per heavy atom. The normalized spacial score (nSPS) is 16.8. The van der Waals surface area contributed by atoms with Crippen molar-refractivity contribution in [3.05, 3.63) is 22.3 Å². The first-order valence-electron chi connectivity index (χ1n) is 3.23. The third kappa shape index (κ3) is 2.76. The van der Waals surface area contributed by atoms with Crippen LogP contribution in [0.3, 0.4) is 0 Å². The van der Waals surface area contributed by atoms with Gasteiger partial charge in [0.25, 0.3) is 0 Å². The van der Waals surface area contributed by atoms with Crippen LogP contribution < -0.4 is 5.32 Å². The van der Waals surface area contributed by atoms with Gasteiger partial charge in [-0.3, -0.25) is 5.32 Å². The van der Waals surface area contributed by atoms with E-state index in [1.807, 2.05) is 6.08 Å². The van der Waals surface area contributed by atoms with Crippen LogP contribution in [0.2, 0.25) is 0 Å². The Hall–Kier alpha value is -0.770. The molecule has 1 amide bonds. The highest BCUT2D eigenvalue weighted by Gasteiger charge is 2.05. The van der Waals surface area contributed by atoms with Crippen molar-refractivity contribution in [3.8, 4) is 0 Å². The number of hydrogen-bond donors (Lipinski definition) is 2. The van der Waals surface area contributed by atoms with Crippen molar-refractivity contribution in [1.82, 2.24) is 5.32 Å². The van der Waals surface area contributed by atoms with Crippen molar-refractivity contribution in [2.45, 2.75) is 12.8 Å². The lowest BCUT2D eigenvalue weighted by atomic mass is 10.1. The second kappa shape index (κ2) is 3.57. The summed E-state index contributed by atoms with van der Waals surface area (Å²) in [4.78, 5) is 10.2. The van der Waals surface area contributed by atoms with Gasteiger partial charge in [0.2, 0.25) is 0 Å². The average molecular weight is 218 g/mol. The number of carboxylic acid groups (broad SMARTS) is 1. The molecule has 0 spiro atoms. The lowest BCUT2D eigenvalue weighted by Crippen LogP contribution is -2.20. The summed E-state index contributed by atoms with van der Waals surface area (Å²) in [5.74, 6) is 0. The Morgan fingerprint density at radius 3 is 2.73 bits per heavy atom. The summed E-state index contributed by atoms with van der Waals surface area (Å²) in [6, 6.07) is 0. The van der Waals surface area contributed by atoms with Gasteiger partial charge in [0.05, 0.1) is 0 Å². The molecule has 0 unspecified atom stereocenters. The first-order valence-corrected chi connectivity index (χ1v) is 4.03. The maximum atomic E-state index is 10.2. The van der Waals surface area contributed by atoms with E-state index in [4.69, 9.17) is 5.11 Å². The average Bonchev–Trinajstić information content (AvgIpc) is 1.93. The van der Waals surface area contributed by atoms with Crippen LogP contribution in [-0.4, -0.2) is 11.2 Å². The fraction of sp³-hybridized carbons (Fsp3) is 0.286. The second-order valence-corrected chi connectivity index (χ2v) is 3.25. The van der Waals surface area contributed by atoms with Gasteiger partial charge in [0.1, 0.15) is 0 Å². The molecule has 0 aromatic heterocycles.